The molecule has 1 aromatic rings. The van der Waals surface area contributed by atoms with E-state index in [1.54, 1.807) is 14.2 Å². The van der Waals surface area contributed by atoms with E-state index in [1.807, 2.05) is 29.2 Å². The molecule has 1 saturated heterocycles. The predicted octanol–water partition coefficient (Wildman–Crippen LogP) is 1.56. The Morgan fingerprint density at radius 3 is 2.61 bits per heavy atom. The standard InChI is InChI=1S/C17H27N3O3/c1-22-13-5-8-19-9-11-20(12-10-19)17(21)18-14-15-6-3-4-7-16(15)23-2/h3-4,6-7H,5,8-14H2,1-2H3,(H,18,21). The quantitative estimate of drug-likeness (QED) is 0.775. The van der Waals surface area contributed by atoms with E-state index in [0.717, 1.165) is 57.1 Å². The smallest absolute Gasteiger partial charge is 0.317 e. The van der Waals surface area contributed by atoms with Crippen LogP contribution >= 0.6 is 0 Å². The molecule has 1 fully saturated rings. The highest BCUT2D eigenvalue weighted by molar-refractivity contribution is 5.74. The van der Waals surface area contributed by atoms with Crippen LogP contribution in [0.3, 0.4) is 0 Å². The summed E-state index contributed by atoms with van der Waals surface area (Å²) in [4.78, 5) is 16.5. The van der Waals surface area contributed by atoms with Crippen LogP contribution in [0.4, 0.5) is 4.79 Å². The molecule has 1 aliphatic heterocycles. The highest BCUT2D eigenvalue weighted by Crippen LogP contribution is 2.16. The van der Waals surface area contributed by atoms with Crippen molar-refractivity contribution < 1.29 is 14.3 Å². The van der Waals surface area contributed by atoms with E-state index in [1.165, 1.54) is 0 Å². The summed E-state index contributed by atoms with van der Waals surface area (Å²) in [6, 6.07) is 7.73. The summed E-state index contributed by atoms with van der Waals surface area (Å²) < 4.78 is 10.4. The maximum Gasteiger partial charge on any atom is 0.317 e. The van der Waals surface area contributed by atoms with Gasteiger partial charge in [0, 0.05) is 58.5 Å². The van der Waals surface area contributed by atoms with Crippen LogP contribution in [0, 0.1) is 0 Å². The fraction of sp³-hybridized carbons (Fsp3) is 0.588. The third kappa shape index (κ3) is 5.41. The van der Waals surface area contributed by atoms with Crippen LogP contribution in [0.15, 0.2) is 24.3 Å². The minimum absolute atomic E-state index is 0.00699. The Morgan fingerprint density at radius 1 is 1.17 bits per heavy atom. The van der Waals surface area contributed by atoms with Gasteiger partial charge in [-0.2, -0.15) is 0 Å². The number of urea groups is 1. The van der Waals surface area contributed by atoms with Gasteiger partial charge >= 0.3 is 6.03 Å². The molecule has 0 radical (unpaired) electrons. The van der Waals surface area contributed by atoms with Crippen LogP contribution in [0.2, 0.25) is 0 Å². The number of nitrogens with zero attached hydrogens (tertiary/aromatic N) is 2. The number of ether oxygens (including phenoxy) is 2. The third-order valence-corrected chi connectivity index (χ3v) is 4.10. The van der Waals surface area contributed by atoms with Crippen molar-refractivity contribution in [1.29, 1.82) is 0 Å². The Labute approximate surface area is 138 Å². The minimum atomic E-state index is -0.00699. The molecule has 6 heteroatoms. The van der Waals surface area contributed by atoms with Crippen molar-refractivity contribution in [3.63, 3.8) is 0 Å². The monoisotopic (exact) mass is 321 g/mol. The van der Waals surface area contributed by atoms with Gasteiger partial charge in [-0.15, -0.1) is 0 Å². The second-order valence-corrected chi connectivity index (χ2v) is 5.65. The molecule has 1 N–H and O–H groups in total. The second kappa shape index (κ2) is 9.37. The van der Waals surface area contributed by atoms with Crippen LogP contribution in [0.25, 0.3) is 0 Å². The molecule has 1 aliphatic rings. The number of hydrogen-bond acceptors (Lipinski definition) is 4. The maximum atomic E-state index is 12.3. The van der Waals surface area contributed by atoms with Gasteiger partial charge in [0.1, 0.15) is 5.75 Å². The zero-order valence-corrected chi connectivity index (χ0v) is 14.1. The van der Waals surface area contributed by atoms with E-state index in [2.05, 4.69) is 10.2 Å². The first-order chi connectivity index (χ1) is 11.2. The second-order valence-electron chi connectivity index (χ2n) is 5.65. The average molecular weight is 321 g/mol. The molecule has 0 atom stereocenters. The van der Waals surface area contributed by atoms with E-state index < -0.39 is 0 Å². The number of carbonyl (C=O) groups excluding carboxylic acids is 1. The number of amides is 2. The van der Waals surface area contributed by atoms with Crippen molar-refractivity contribution in [2.45, 2.75) is 13.0 Å². The third-order valence-electron chi connectivity index (χ3n) is 4.10. The number of rotatable bonds is 7. The summed E-state index contributed by atoms with van der Waals surface area (Å²) >= 11 is 0. The highest BCUT2D eigenvalue weighted by atomic mass is 16.5. The number of hydrogen-bond donors (Lipinski definition) is 1. The lowest BCUT2D eigenvalue weighted by atomic mass is 10.2. The fourth-order valence-electron chi connectivity index (χ4n) is 2.74. The van der Waals surface area contributed by atoms with Crippen LogP contribution in [-0.4, -0.2) is 69.4 Å². The van der Waals surface area contributed by atoms with Crippen LogP contribution < -0.4 is 10.1 Å². The van der Waals surface area contributed by atoms with E-state index in [0.29, 0.717) is 6.54 Å². The first kappa shape index (κ1) is 17.6. The van der Waals surface area contributed by atoms with E-state index in [4.69, 9.17) is 9.47 Å². The topological polar surface area (TPSA) is 54.0 Å². The molecule has 0 saturated carbocycles. The Morgan fingerprint density at radius 2 is 1.91 bits per heavy atom. The molecule has 0 bridgehead atoms. The summed E-state index contributed by atoms with van der Waals surface area (Å²) in [6.07, 6.45) is 1.04. The van der Waals surface area contributed by atoms with Gasteiger partial charge in [-0.05, 0) is 12.5 Å². The predicted molar refractivity (Wildman–Crippen MR) is 89.7 cm³/mol. The molecule has 0 aromatic heterocycles. The summed E-state index contributed by atoms with van der Waals surface area (Å²) in [5.41, 5.74) is 0.988. The lowest BCUT2D eigenvalue weighted by Crippen LogP contribution is -2.51. The van der Waals surface area contributed by atoms with Gasteiger partial charge in [0.2, 0.25) is 0 Å². The molecule has 2 amide bonds. The molecular weight excluding hydrogens is 294 g/mol. The fourth-order valence-corrected chi connectivity index (χ4v) is 2.74. The van der Waals surface area contributed by atoms with Gasteiger partial charge < -0.3 is 19.7 Å². The van der Waals surface area contributed by atoms with E-state index >= 15 is 0 Å². The van der Waals surface area contributed by atoms with Crippen molar-refractivity contribution in [3.05, 3.63) is 29.8 Å². The van der Waals surface area contributed by atoms with Crippen molar-refractivity contribution in [2.75, 3.05) is 53.6 Å². The van der Waals surface area contributed by atoms with Crippen molar-refractivity contribution in [1.82, 2.24) is 15.1 Å². The average Bonchev–Trinajstić information content (AvgIpc) is 2.60. The zero-order chi connectivity index (χ0) is 16.5. The molecule has 128 valence electrons. The Kier molecular flexibility index (Phi) is 7.16. The first-order valence-corrected chi connectivity index (χ1v) is 8.10. The molecular formula is C17H27N3O3. The van der Waals surface area contributed by atoms with E-state index in [9.17, 15) is 4.79 Å². The van der Waals surface area contributed by atoms with Crippen LogP contribution in [-0.2, 0) is 11.3 Å². The van der Waals surface area contributed by atoms with Gasteiger partial charge in [-0.3, -0.25) is 4.90 Å². The lowest BCUT2D eigenvalue weighted by molar-refractivity contribution is 0.125. The Bertz CT molecular complexity index is 488. The zero-order valence-electron chi connectivity index (χ0n) is 14.1. The van der Waals surface area contributed by atoms with Gasteiger partial charge in [-0.1, -0.05) is 18.2 Å². The molecule has 1 aromatic carbocycles. The number of carbonyl (C=O) groups is 1. The van der Waals surface area contributed by atoms with Crippen molar-refractivity contribution in [3.8, 4) is 5.75 Å². The molecule has 23 heavy (non-hydrogen) atoms. The van der Waals surface area contributed by atoms with Gasteiger partial charge in [0.05, 0.1) is 7.11 Å². The normalized spacial score (nSPS) is 15.5. The number of piperazine rings is 1. The molecule has 6 nitrogen and oxygen atoms in total. The lowest BCUT2D eigenvalue weighted by Gasteiger charge is -2.34. The van der Waals surface area contributed by atoms with Crippen LogP contribution in [0.1, 0.15) is 12.0 Å². The van der Waals surface area contributed by atoms with Gasteiger partial charge in [0.25, 0.3) is 0 Å². The van der Waals surface area contributed by atoms with E-state index in [-0.39, 0.29) is 6.03 Å². The molecule has 2 rings (SSSR count). The molecule has 0 unspecified atom stereocenters. The number of benzene rings is 1. The Balaban J connectivity index is 1.73. The molecule has 1 heterocycles. The first-order valence-electron chi connectivity index (χ1n) is 8.10. The number of para-hydroxylation sites is 1. The Hall–Kier alpha value is -1.79. The molecule has 0 aliphatic carbocycles. The highest BCUT2D eigenvalue weighted by Gasteiger charge is 2.20. The van der Waals surface area contributed by atoms with Gasteiger partial charge in [-0.25, -0.2) is 4.79 Å². The summed E-state index contributed by atoms with van der Waals surface area (Å²) in [5.74, 6) is 0.802. The number of methoxy groups -OCH3 is 2. The summed E-state index contributed by atoms with van der Waals surface area (Å²) in [5, 5.41) is 2.98. The largest absolute Gasteiger partial charge is 0.496 e. The summed E-state index contributed by atoms with van der Waals surface area (Å²) in [6.45, 7) is 5.69. The minimum Gasteiger partial charge on any atom is -0.496 e. The van der Waals surface area contributed by atoms with Crippen molar-refractivity contribution >= 4 is 6.03 Å². The van der Waals surface area contributed by atoms with Gasteiger partial charge in [0.15, 0.2) is 0 Å². The molecule has 0 spiro atoms. The van der Waals surface area contributed by atoms with Crippen LogP contribution in [0.5, 0.6) is 5.75 Å². The maximum absolute atomic E-state index is 12.3. The summed E-state index contributed by atoms with van der Waals surface area (Å²) in [7, 11) is 3.37. The SMILES string of the molecule is COCCCN1CCN(C(=O)NCc2ccccc2OC)CC1. The van der Waals surface area contributed by atoms with Crippen molar-refractivity contribution in [2.24, 2.45) is 0 Å². The number of nitrogens with one attached hydrogen (secondary N) is 1.